The Morgan fingerprint density at radius 3 is 2.16 bits per heavy atom. The molecule has 0 radical (unpaired) electrons. The molecule has 12 rings (SSSR count). The Bertz CT molecular complexity index is 3380. The third-order valence-electron chi connectivity index (χ3n) is 12.3. The molecule has 4 heteroatoms. The topological polar surface area (TPSA) is 42.8 Å². The normalized spacial score (nSPS) is 15.5. The standard InChI is InChI=1S/C54H37N3O/c1-2-15-35(16-3-1)47-28-29-48(56-54(55-47)43-27-26-34-14-6-7-19-39(34)40-20-8-9-21-41(40)43)46-32-38(33-52-53(46)44-23-11-13-25-51(44)58-52)57-49-24-12-10-22-42(49)45-30-36-17-4-5-18-37(36)31-50(45)57/h1-25,28,30-33,43H,26-27,29H2. The van der Waals surface area contributed by atoms with Gasteiger partial charge in [0.15, 0.2) is 0 Å². The van der Waals surface area contributed by atoms with E-state index in [1.165, 1.54) is 43.8 Å². The third kappa shape index (κ3) is 5.22. The van der Waals surface area contributed by atoms with Crippen LogP contribution in [0.3, 0.4) is 0 Å². The van der Waals surface area contributed by atoms with Crippen LogP contribution in [-0.2, 0) is 6.42 Å². The first-order chi connectivity index (χ1) is 28.7. The van der Waals surface area contributed by atoms with Crippen LogP contribution >= 0.6 is 0 Å². The largest absolute Gasteiger partial charge is 0.456 e. The van der Waals surface area contributed by atoms with Gasteiger partial charge in [-0.25, -0.2) is 9.98 Å². The van der Waals surface area contributed by atoms with Crippen LogP contribution in [0.2, 0.25) is 0 Å². The molecule has 0 saturated heterocycles. The molecule has 1 atom stereocenters. The van der Waals surface area contributed by atoms with E-state index in [0.29, 0.717) is 6.42 Å². The van der Waals surface area contributed by atoms with Gasteiger partial charge in [0, 0.05) is 45.5 Å². The zero-order valence-electron chi connectivity index (χ0n) is 31.8. The second-order valence-corrected chi connectivity index (χ2v) is 15.6. The summed E-state index contributed by atoms with van der Waals surface area (Å²) in [7, 11) is 0. The Kier molecular flexibility index (Phi) is 7.45. The highest BCUT2D eigenvalue weighted by Gasteiger charge is 2.29. The van der Waals surface area contributed by atoms with Crippen molar-refractivity contribution in [2.75, 3.05) is 0 Å². The fourth-order valence-electron chi connectivity index (χ4n) is 9.59. The number of aliphatic imine (C=N–C) groups is 2. The number of aromatic nitrogens is 1. The van der Waals surface area contributed by atoms with Crippen molar-refractivity contribution in [3.05, 3.63) is 204 Å². The molecule has 0 bridgehead atoms. The molecule has 0 saturated carbocycles. The number of nitrogens with zero attached hydrogens (tertiary/aromatic N) is 3. The fourth-order valence-corrected chi connectivity index (χ4v) is 9.59. The molecule has 0 spiro atoms. The minimum Gasteiger partial charge on any atom is -0.456 e. The maximum atomic E-state index is 6.77. The summed E-state index contributed by atoms with van der Waals surface area (Å²) < 4.78 is 9.17. The van der Waals surface area contributed by atoms with Gasteiger partial charge in [-0.05, 0) is 81.8 Å². The molecular formula is C54H37N3O. The average molecular weight is 744 g/mol. The first kappa shape index (κ1) is 32.9. The van der Waals surface area contributed by atoms with Crippen molar-refractivity contribution in [3.8, 4) is 16.8 Å². The van der Waals surface area contributed by atoms with E-state index in [-0.39, 0.29) is 5.92 Å². The maximum absolute atomic E-state index is 6.77. The Balaban J connectivity index is 1.12. The molecule has 274 valence electrons. The first-order valence-corrected chi connectivity index (χ1v) is 20.2. The number of benzene rings is 8. The van der Waals surface area contributed by atoms with Crippen molar-refractivity contribution in [2.24, 2.45) is 9.98 Å². The smallest absolute Gasteiger partial charge is 0.138 e. The number of furan rings is 1. The number of para-hydroxylation sites is 2. The summed E-state index contributed by atoms with van der Waals surface area (Å²) in [6.07, 6.45) is 4.73. The van der Waals surface area contributed by atoms with Crippen LogP contribution in [0.1, 0.15) is 41.0 Å². The Hall–Kier alpha value is -7.30. The van der Waals surface area contributed by atoms with Crippen LogP contribution in [-0.4, -0.2) is 16.1 Å². The van der Waals surface area contributed by atoms with E-state index in [0.717, 1.165) is 79.9 Å². The van der Waals surface area contributed by atoms with Gasteiger partial charge >= 0.3 is 0 Å². The molecule has 3 heterocycles. The Morgan fingerprint density at radius 1 is 0.534 bits per heavy atom. The van der Waals surface area contributed by atoms with Crippen LogP contribution < -0.4 is 0 Å². The molecule has 2 aromatic heterocycles. The molecule has 0 amide bonds. The van der Waals surface area contributed by atoms with Crippen molar-refractivity contribution in [1.29, 1.82) is 0 Å². The summed E-state index contributed by atoms with van der Waals surface area (Å²) in [5, 5.41) is 7.05. The third-order valence-corrected chi connectivity index (χ3v) is 12.3. The predicted molar refractivity (Wildman–Crippen MR) is 242 cm³/mol. The van der Waals surface area contributed by atoms with Gasteiger partial charge in [0.05, 0.1) is 28.1 Å². The summed E-state index contributed by atoms with van der Waals surface area (Å²) in [6.45, 7) is 0. The van der Waals surface area contributed by atoms with Gasteiger partial charge < -0.3 is 8.98 Å². The van der Waals surface area contributed by atoms with Gasteiger partial charge in [-0.15, -0.1) is 0 Å². The first-order valence-electron chi connectivity index (χ1n) is 20.2. The molecule has 4 nitrogen and oxygen atoms in total. The molecule has 2 aliphatic rings. The van der Waals surface area contributed by atoms with E-state index in [1.807, 2.05) is 6.07 Å². The van der Waals surface area contributed by atoms with Crippen molar-refractivity contribution < 1.29 is 4.42 Å². The van der Waals surface area contributed by atoms with Gasteiger partial charge in [-0.1, -0.05) is 146 Å². The minimum atomic E-state index is -0.00537. The maximum Gasteiger partial charge on any atom is 0.138 e. The number of hydrogen-bond acceptors (Lipinski definition) is 3. The molecule has 1 aliphatic heterocycles. The van der Waals surface area contributed by atoms with Gasteiger partial charge in [0.2, 0.25) is 0 Å². The molecule has 10 aromatic rings. The second kappa shape index (κ2) is 13.1. The van der Waals surface area contributed by atoms with Crippen LogP contribution in [0.15, 0.2) is 196 Å². The lowest BCUT2D eigenvalue weighted by Gasteiger charge is -2.19. The Labute approximate surface area is 335 Å². The quantitative estimate of drug-likeness (QED) is 0.177. The van der Waals surface area contributed by atoms with Crippen LogP contribution in [0.5, 0.6) is 0 Å². The molecule has 8 aromatic carbocycles. The average Bonchev–Trinajstić information content (AvgIpc) is 3.64. The van der Waals surface area contributed by atoms with E-state index in [4.69, 9.17) is 14.4 Å². The highest BCUT2D eigenvalue weighted by molar-refractivity contribution is 6.23. The number of allylic oxidation sites excluding steroid dienone is 1. The number of fused-ring (bicyclic) bond motifs is 10. The lowest BCUT2D eigenvalue weighted by Crippen LogP contribution is -2.14. The number of amidine groups is 1. The fraction of sp³-hybridized carbons (Fsp3) is 0.0741. The number of aryl methyl sites for hydroxylation is 1. The van der Waals surface area contributed by atoms with E-state index in [9.17, 15) is 0 Å². The molecular weight excluding hydrogens is 707 g/mol. The van der Waals surface area contributed by atoms with Gasteiger partial charge in [0.25, 0.3) is 0 Å². The number of rotatable bonds is 4. The van der Waals surface area contributed by atoms with Crippen molar-refractivity contribution in [3.63, 3.8) is 0 Å². The zero-order chi connectivity index (χ0) is 38.2. The molecule has 0 fully saturated rings. The van der Waals surface area contributed by atoms with Crippen molar-refractivity contribution in [2.45, 2.75) is 25.2 Å². The summed E-state index contributed by atoms with van der Waals surface area (Å²) >= 11 is 0. The van der Waals surface area contributed by atoms with E-state index in [2.05, 4.69) is 181 Å². The van der Waals surface area contributed by atoms with Gasteiger partial charge in [-0.3, -0.25) is 0 Å². The van der Waals surface area contributed by atoms with Crippen molar-refractivity contribution in [1.82, 2.24) is 4.57 Å². The van der Waals surface area contributed by atoms with Crippen molar-refractivity contribution >= 4 is 71.8 Å². The monoisotopic (exact) mass is 743 g/mol. The Morgan fingerprint density at radius 2 is 1.26 bits per heavy atom. The lowest BCUT2D eigenvalue weighted by atomic mass is 9.90. The lowest BCUT2D eigenvalue weighted by molar-refractivity contribution is 0.668. The summed E-state index contributed by atoms with van der Waals surface area (Å²) in [4.78, 5) is 11.3. The van der Waals surface area contributed by atoms with E-state index < -0.39 is 0 Å². The summed E-state index contributed by atoms with van der Waals surface area (Å²) in [5.41, 5.74) is 14.3. The summed E-state index contributed by atoms with van der Waals surface area (Å²) in [6, 6.07) is 63.3. The van der Waals surface area contributed by atoms with E-state index in [1.54, 1.807) is 0 Å². The predicted octanol–water partition coefficient (Wildman–Crippen LogP) is 13.9. The number of hydrogen-bond donors (Lipinski definition) is 0. The molecule has 0 N–H and O–H groups in total. The van der Waals surface area contributed by atoms with Crippen LogP contribution in [0, 0.1) is 0 Å². The highest BCUT2D eigenvalue weighted by Crippen LogP contribution is 2.42. The van der Waals surface area contributed by atoms with Crippen LogP contribution in [0.4, 0.5) is 0 Å². The van der Waals surface area contributed by atoms with E-state index >= 15 is 0 Å². The zero-order valence-corrected chi connectivity index (χ0v) is 31.8. The highest BCUT2D eigenvalue weighted by atomic mass is 16.3. The summed E-state index contributed by atoms with van der Waals surface area (Å²) in [5.74, 6) is 0.840. The molecule has 58 heavy (non-hydrogen) atoms. The molecule has 1 aliphatic carbocycles. The van der Waals surface area contributed by atoms with Crippen LogP contribution in [0.25, 0.3) is 77.0 Å². The second-order valence-electron chi connectivity index (χ2n) is 15.6. The minimum absolute atomic E-state index is 0.00537. The van der Waals surface area contributed by atoms with Gasteiger partial charge in [-0.2, -0.15) is 0 Å². The van der Waals surface area contributed by atoms with Gasteiger partial charge in [0.1, 0.15) is 17.0 Å². The SMILES string of the molecule is C1=C(c2ccccc2)N=C(C2CCc3ccccc3-c3ccccc32)N=C(c2cc(-n3c4ccccc4c4cc5ccccc5cc43)cc3oc4ccccc4c23)C1. The molecule has 1 unspecified atom stereocenters.